The van der Waals surface area contributed by atoms with Gasteiger partial charge in [0.15, 0.2) is 0 Å². The number of nitrogens with zero attached hydrogens (tertiary/aromatic N) is 2. The van der Waals surface area contributed by atoms with E-state index >= 15 is 0 Å². The van der Waals surface area contributed by atoms with Gasteiger partial charge in [-0.15, -0.1) is 0 Å². The first-order chi connectivity index (χ1) is 9.79. The first kappa shape index (κ1) is 13.7. The van der Waals surface area contributed by atoms with Crippen molar-refractivity contribution in [2.24, 2.45) is 0 Å². The van der Waals surface area contributed by atoms with Gasteiger partial charge in [0.2, 0.25) is 0 Å². The first-order valence-electron chi connectivity index (χ1n) is 7.28. The first-order valence-corrected chi connectivity index (χ1v) is 7.66. The molecule has 1 aliphatic carbocycles. The Hall–Kier alpha value is -1.32. The van der Waals surface area contributed by atoms with Crippen molar-refractivity contribution in [3.05, 3.63) is 52.3 Å². The molecule has 3 nitrogen and oxygen atoms in total. The van der Waals surface area contributed by atoms with Crippen LogP contribution in [-0.4, -0.2) is 16.3 Å². The molecule has 4 heteroatoms. The summed E-state index contributed by atoms with van der Waals surface area (Å²) >= 11 is 6.26. The Kier molecular flexibility index (Phi) is 4.08. The number of benzene rings is 1. The minimum atomic E-state index is 0.689. The van der Waals surface area contributed by atoms with Gasteiger partial charge in [0.05, 0.1) is 12.7 Å². The summed E-state index contributed by atoms with van der Waals surface area (Å²) in [5.74, 6) is 0.689. The molecule has 0 radical (unpaired) electrons. The van der Waals surface area contributed by atoms with Gasteiger partial charge in [-0.2, -0.15) is 5.10 Å². The molecule has 1 saturated carbocycles. The quantitative estimate of drug-likeness (QED) is 0.881. The molecule has 1 aliphatic rings. The minimum Gasteiger partial charge on any atom is -0.313 e. The molecule has 0 bridgehead atoms. The number of aromatic nitrogens is 2. The normalized spacial score (nSPS) is 14.7. The van der Waals surface area contributed by atoms with Crippen LogP contribution in [0.5, 0.6) is 0 Å². The Morgan fingerprint density at radius 3 is 2.80 bits per heavy atom. The Bertz CT molecular complexity index is 587. The maximum atomic E-state index is 6.26. The van der Waals surface area contributed by atoms with Crippen molar-refractivity contribution in [1.29, 1.82) is 0 Å². The Labute approximate surface area is 124 Å². The summed E-state index contributed by atoms with van der Waals surface area (Å²) in [4.78, 5) is 0. The van der Waals surface area contributed by atoms with Gasteiger partial charge in [-0.25, -0.2) is 0 Å². The van der Waals surface area contributed by atoms with E-state index in [4.69, 9.17) is 11.6 Å². The highest BCUT2D eigenvalue weighted by atomic mass is 35.5. The van der Waals surface area contributed by atoms with Crippen molar-refractivity contribution >= 4 is 11.6 Å². The molecule has 1 heterocycles. The van der Waals surface area contributed by atoms with Gasteiger partial charge in [0.1, 0.15) is 0 Å². The molecule has 0 spiro atoms. The molecule has 0 amide bonds. The molecule has 1 aromatic carbocycles. The van der Waals surface area contributed by atoms with E-state index in [0.29, 0.717) is 5.92 Å². The zero-order valence-corrected chi connectivity index (χ0v) is 12.5. The van der Waals surface area contributed by atoms with Crippen LogP contribution >= 0.6 is 11.6 Å². The molecule has 20 heavy (non-hydrogen) atoms. The van der Waals surface area contributed by atoms with Crippen LogP contribution in [0.15, 0.2) is 30.5 Å². The van der Waals surface area contributed by atoms with E-state index in [1.807, 2.05) is 24.4 Å². The highest BCUT2D eigenvalue weighted by Crippen LogP contribution is 2.42. The molecule has 0 aliphatic heterocycles. The summed E-state index contributed by atoms with van der Waals surface area (Å²) in [6.07, 6.45) is 4.58. The van der Waals surface area contributed by atoms with Crippen molar-refractivity contribution < 1.29 is 0 Å². The van der Waals surface area contributed by atoms with E-state index in [1.54, 1.807) is 0 Å². The van der Waals surface area contributed by atoms with Crippen molar-refractivity contribution in [2.75, 3.05) is 6.54 Å². The average molecular weight is 290 g/mol. The Morgan fingerprint density at radius 2 is 2.10 bits per heavy atom. The average Bonchev–Trinajstić information content (AvgIpc) is 3.21. The third-order valence-corrected chi connectivity index (χ3v) is 4.14. The van der Waals surface area contributed by atoms with E-state index in [9.17, 15) is 0 Å². The maximum Gasteiger partial charge on any atom is 0.0677 e. The number of halogens is 1. The van der Waals surface area contributed by atoms with E-state index < -0.39 is 0 Å². The molecule has 1 aromatic heterocycles. The lowest BCUT2D eigenvalue weighted by Gasteiger charge is -2.10. The molecule has 3 rings (SSSR count). The summed E-state index contributed by atoms with van der Waals surface area (Å²) < 4.78 is 2.13. The summed E-state index contributed by atoms with van der Waals surface area (Å²) in [7, 11) is 0. The van der Waals surface area contributed by atoms with E-state index in [1.165, 1.54) is 24.1 Å². The molecular weight excluding hydrogens is 270 g/mol. The van der Waals surface area contributed by atoms with E-state index in [-0.39, 0.29) is 0 Å². The number of rotatable bonds is 6. The Balaban J connectivity index is 1.86. The highest BCUT2D eigenvalue weighted by Gasteiger charge is 2.30. The topological polar surface area (TPSA) is 29.9 Å². The molecule has 1 N–H and O–H groups in total. The van der Waals surface area contributed by atoms with Crippen LogP contribution < -0.4 is 5.32 Å². The molecular formula is C16H20ClN3. The van der Waals surface area contributed by atoms with Gasteiger partial charge in [-0.3, -0.25) is 4.68 Å². The standard InChI is InChI=1S/C16H20ClN3/c1-2-18-9-14-10-19-20(16(14)12-7-8-12)11-13-5-3-4-6-15(13)17/h3-6,10,12,18H,2,7-9,11H2,1H3. The lowest BCUT2D eigenvalue weighted by atomic mass is 10.1. The third-order valence-electron chi connectivity index (χ3n) is 3.77. The largest absolute Gasteiger partial charge is 0.313 e. The fraction of sp³-hybridized carbons (Fsp3) is 0.438. The molecule has 106 valence electrons. The third kappa shape index (κ3) is 2.89. The molecule has 2 aromatic rings. The zero-order valence-electron chi connectivity index (χ0n) is 11.8. The molecule has 1 fully saturated rings. The minimum absolute atomic E-state index is 0.689. The monoisotopic (exact) mass is 289 g/mol. The van der Waals surface area contributed by atoms with Crippen molar-refractivity contribution in [3.8, 4) is 0 Å². The number of hydrogen-bond donors (Lipinski definition) is 1. The lowest BCUT2D eigenvalue weighted by Crippen LogP contribution is -2.14. The van der Waals surface area contributed by atoms with Crippen molar-refractivity contribution in [3.63, 3.8) is 0 Å². The summed E-state index contributed by atoms with van der Waals surface area (Å²) in [5.41, 5.74) is 3.86. The SMILES string of the molecule is CCNCc1cnn(Cc2ccccc2Cl)c1C1CC1. The second-order valence-electron chi connectivity index (χ2n) is 5.36. The second-order valence-corrected chi connectivity index (χ2v) is 5.77. The van der Waals surface area contributed by atoms with E-state index in [0.717, 1.165) is 30.2 Å². The maximum absolute atomic E-state index is 6.26. The van der Waals surface area contributed by atoms with Gasteiger partial charge in [-0.1, -0.05) is 36.7 Å². The van der Waals surface area contributed by atoms with Crippen molar-refractivity contribution in [2.45, 2.75) is 38.8 Å². The Morgan fingerprint density at radius 1 is 1.30 bits per heavy atom. The zero-order chi connectivity index (χ0) is 13.9. The van der Waals surface area contributed by atoms with Gasteiger partial charge in [-0.05, 0) is 31.0 Å². The summed E-state index contributed by atoms with van der Waals surface area (Å²) in [6.45, 7) is 4.78. The highest BCUT2D eigenvalue weighted by molar-refractivity contribution is 6.31. The number of hydrogen-bond acceptors (Lipinski definition) is 2. The second kappa shape index (κ2) is 5.98. The van der Waals surface area contributed by atoms with Gasteiger partial charge >= 0.3 is 0 Å². The smallest absolute Gasteiger partial charge is 0.0677 e. The van der Waals surface area contributed by atoms with Crippen LogP contribution in [-0.2, 0) is 13.1 Å². The van der Waals surface area contributed by atoms with Gasteiger partial charge < -0.3 is 5.32 Å². The summed E-state index contributed by atoms with van der Waals surface area (Å²) in [5, 5.41) is 8.80. The molecule has 0 unspecified atom stereocenters. The molecule has 0 atom stereocenters. The van der Waals surface area contributed by atoms with Gasteiger partial charge in [0, 0.05) is 28.7 Å². The summed E-state index contributed by atoms with van der Waals surface area (Å²) in [6, 6.07) is 8.01. The van der Waals surface area contributed by atoms with Crippen LogP contribution in [0, 0.1) is 0 Å². The van der Waals surface area contributed by atoms with Crippen molar-refractivity contribution in [1.82, 2.24) is 15.1 Å². The van der Waals surface area contributed by atoms with Crippen LogP contribution in [0.3, 0.4) is 0 Å². The number of nitrogens with one attached hydrogen (secondary N) is 1. The molecule has 0 saturated heterocycles. The predicted octanol–water partition coefficient (Wildman–Crippen LogP) is 3.57. The predicted molar refractivity (Wildman–Crippen MR) is 82.1 cm³/mol. The fourth-order valence-electron chi connectivity index (χ4n) is 2.57. The van der Waals surface area contributed by atoms with Crippen LogP contribution in [0.25, 0.3) is 0 Å². The fourth-order valence-corrected chi connectivity index (χ4v) is 2.77. The van der Waals surface area contributed by atoms with Gasteiger partial charge in [0.25, 0.3) is 0 Å². The van der Waals surface area contributed by atoms with Crippen LogP contribution in [0.4, 0.5) is 0 Å². The van der Waals surface area contributed by atoms with Crippen LogP contribution in [0.2, 0.25) is 5.02 Å². The lowest BCUT2D eigenvalue weighted by molar-refractivity contribution is 0.639. The van der Waals surface area contributed by atoms with E-state index in [2.05, 4.69) is 28.1 Å². The van der Waals surface area contributed by atoms with Crippen LogP contribution in [0.1, 0.15) is 42.5 Å².